The maximum absolute atomic E-state index is 6.50. The first-order chi connectivity index (χ1) is 26.7. The molecule has 11 aromatic rings. The molecule has 0 atom stereocenters. The topological polar surface area (TPSA) is 43.9 Å². The summed E-state index contributed by atoms with van der Waals surface area (Å²) in [5.41, 5.74) is 12.2. The van der Waals surface area contributed by atoms with Crippen LogP contribution in [-0.2, 0) is 0 Å². The Morgan fingerprint density at radius 3 is 1.69 bits per heavy atom. The van der Waals surface area contributed by atoms with Gasteiger partial charge in [-0.25, -0.2) is 9.97 Å². The third kappa shape index (κ3) is 4.92. The van der Waals surface area contributed by atoms with Crippen LogP contribution in [0.2, 0.25) is 0 Å². The molecule has 0 aliphatic rings. The van der Waals surface area contributed by atoms with Crippen LogP contribution in [0.5, 0.6) is 0 Å². The number of furan rings is 1. The van der Waals surface area contributed by atoms with Gasteiger partial charge in [0.1, 0.15) is 11.2 Å². The number of aromatic nitrogens is 3. The van der Waals surface area contributed by atoms with E-state index in [-0.39, 0.29) is 0 Å². The molecule has 11 rings (SSSR count). The predicted octanol–water partition coefficient (Wildman–Crippen LogP) is 13.3. The normalized spacial score (nSPS) is 11.7. The van der Waals surface area contributed by atoms with Crippen LogP contribution in [0.3, 0.4) is 0 Å². The van der Waals surface area contributed by atoms with E-state index in [1.807, 2.05) is 48.5 Å². The Labute approximate surface area is 311 Å². The summed E-state index contributed by atoms with van der Waals surface area (Å²) in [5.74, 6) is 0.663. The fraction of sp³-hybridized carbons (Fsp3) is 0. The van der Waals surface area contributed by atoms with Crippen LogP contribution >= 0.6 is 0 Å². The number of hydrogen-bond acceptors (Lipinski definition) is 3. The first-order valence-electron chi connectivity index (χ1n) is 18.2. The van der Waals surface area contributed by atoms with Crippen LogP contribution in [0.15, 0.2) is 192 Å². The molecule has 54 heavy (non-hydrogen) atoms. The number of para-hydroxylation sites is 1. The second kappa shape index (κ2) is 12.1. The molecule has 0 unspecified atom stereocenters. The Morgan fingerprint density at radius 2 is 0.981 bits per heavy atom. The first-order valence-corrected chi connectivity index (χ1v) is 18.2. The van der Waals surface area contributed by atoms with Crippen LogP contribution < -0.4 is 0 Å². The monoisotopic (exact) mass is 689 g/mol. The minimum atomic E-state index is 0.663. The smallest absolute Gasteiger partial charge is 0.161 e. The van der Waals surface area contributed by atoms with Crippen molar-refractivity contribution in [3.05, 3.63) is 188 Å². The van der Waals surface area contributed by atoms with E-state index in [0.717, 1.165) is 66.8 Å². The Kier molecular flexibility index (Phi) is 6.82. The highest BCUT2D eigenvalue weighted by molar-refractivity contribution is 6.16. The SMILES string of the molecule is c1ccc(-c2cc(-c3ccccc3)nc(-c3cccc4oc5ccc(-c6ccc7c(c6)c6cc8ccccc8cc6n7-c6ccccc6)cc5c34)n2)cc1. The van der Waals surface area contributed by atoms with E-state index in [1.165, 1.54) is 32.6 Å². The van der Waals surface area contributed by atoms with Crippen molar-refractivity contribution >= 4 is 54.5 Å². The number of fused-ring (bicyclic) bond motifs is 7. The molecule has 0 fully saturated rings. The van der Waals surface area contributed by atoms with Crippen molar-refractivity contribution in [1.82, 2.24) is 14.5 Å². The summed E-state index contributed by atoms with van der Waals surface area (Å²) in [4.78, 5) is 10.3. The molecule has 0 radical (unpaired) electrons. The molecule has 0 bridgehead atoms. The van der Waals surface area contributed by atoms with Crippen molar-refractivity contribution in [3.63, 3.8) is 0 Å². The van der Waals surface area contributed by atoms with Crippen molar-refractivity contribution in [2.24, 2.45) is 0 Å². The van der Waals surface area contributed by atoms with Gasteiger partial charge < -0.3 is 8.98 Å². The third-order valence-corrected chi connectivity index (χ3v) is 10.6. The first kappa shape index (κ1) is 30.3. The Balaban J connectivity index is 1.11. The molecule has 0 saturated carbocycles. The summed E-state index contributed by atoms with van der Waals surface area (Å²) in [6.45, 7) is 0. The van der Waals surface area contributed by atoms with Crippen LogP contribution in [0.25, 0.3) is 105 Å². The molecule has 252 valence electrons. The van der Waals surface area contributed by atoms with Gasteiger partial charge in [-0.15, -0.1) is 0 Å². The predicted molar refractivity (Wildman–Crippen MR) is 223 cm³/mol. The second-order valence-electron chi connectivity index (χ2n) is 13.8. The van der Waals surface area contributed by atoms with Gasteiger partial charge >= 0.3 is 0 Å². The zero-order valence-corrected chi connectivity index (χ0v) is 29.1. The Hall–Kier alpha value is -7.30. The van der Waals surface area contributed by atoms with Gasteiger partial charge in [-0.2, -0.15) is 0 Å². The Morgan fingerprint density at radius 1 is 0.389 bits per heavy atom. The fourth-order valence-corrected chi connectivity index (χ4v) is 8.01. The second-order valence-corrected chi connectivity index (χ2v) is 13.8. The van der Waals surface area contributed by atoms with Gasteiger partial charge in [0.15, 0.2) is 5.82 Å². The van der Waals surface area contributed by atoms with Crippen molar-refractivity contribution < 1.29 is 4.42 Å². The summed E-state index contributed by atoms with van der Waals surface area (Å²) in [7, 11) is 0. The molecule has 4 nitrogen and oxygen atoms in total. The third-order valence-electron chi connectivity index (χ3n) is 10.6. The van der Waals surface area contributed by atoms with Gasteiger partial charge in [0.25, 0.3) is 0 Å². The highest BCUT2D eigenvalue weighted by Crippen LogP contribution is 2.41. The summed E-state index contributed by atoms with van der Waals surface area (Å²) in [5, 5.41) is 6.95. The zero-order chi connectivity index (χ0) is 35.6. The lowest BCUT2D eigenvalue weighted by Gasteiger charge is -2.10. The molecule has 3 heterocycles. The molecule has 0 aliphatic heterocycles. The van der Waals surface area contributed by atoms with Crippen molar-refractivity contribution in [1.29, 1.82) is 0 Å². The van der Waals surface area contributed by atoms with E-state index in [2.05, 4.69) is 144 Å². The highest BCUT2D eigenvalue weighted by Gasteiger charge is 2.19. The molecular weight excluding hydrogens is 659 g/mol. The average molecular weight is 690 g/mol. The Bertz CT molecular complexity index is 3140. The maximum atomic E-state index is 6.50. The van der Waals surface area contributed by atoms with Gasteiger partial charge in [-0.3, -0.25) is 0 Å². The largest absolute Gasteiger partial charge is 0.456 e. The van der Waals surface area contributed by atoms with E-state index >= 15 is 0 Å². The molecule has 0 amide bonds. The average Bonchev–Trinajstić information content (AvgIpc) is 3.78. The summed E-state index contributed by atoms with van der Waals surface area (Å²) >= 11 is 0. The van der Waals surface area contributed by atoms with E-state index in [4.69, 9.17) is 14.4 Å². The minimum Gasteiger partial charge on any atom is -0.456 e. The number of benzene rings is 8. The van der Waals surface area contributed by atoms with Crippen LogP contribution in [0.1, 0.15) is 0 Å². The van der Waals surface area contributed by atoms with Gasteiger partial charge in [0.05, 0.1) is 22.4 Å². The quantitative estimate of drug-likeness (QED) is 0.181. The van der Waals surface area contributed by atoms with Crippen LogP contribution in [-0.4, -0.2) is 14.5 Å². The van der Waals surface area contributed by atoms with Gasteiger partial charge in [0, 0.05) is 43.9 Å². The van der Waals surface area contributed by atoms with E-state index < -0.39 is 0 Å². The zero-order valence-electron chi connectivity index (χ0n) is 29.1. The summed E-state index contributed by atoms with van der Waals surface area (Å²) in [6.07, 6.45) is 0. The van der Waals surface area contributed by atoms with Crippen molar-refractivity contribution in [3.8, 4) is 50.7 Å². The van der Waals surface area contributed by atoms with Gasteiger partial charge in [-0.1, -0.05) is 127 Å². The molecule has 0 N–H and O–H groups in total. The van der Waals surface area contributed by atoms with Gasteiger partial charge in [-0.05, 0) is 82.6 Å². The van der Waals surface area contributed by atoms with E-state index in [1.54, 1.807) is 0 Å². The van der Waals surface area contributed by atoms with Crippen LogP contribution in [0.4, 0.5) is 0 Å². The van der Waals surface area contributed by atoms with Gasteiger partial charge in [0.2, 0.25) is 0 Å². The lowest BCUT2D eigenvalue weighted by Crippen LogP contribution is -1.96. The minimum absolute atomic E-state index is 0.663. The van der Waals surface area contributed by atoms with Crippen LogP contribution in [0, 0.1) is 0 Å². The molecule has 0 spiro atoms. The fourth-order valence-electron chi connectivity index (χ4n) is 8.01. The van der Waals surface area contributed by atoms with E-state index in [9.17, 15) is 0 Å². The number of nitrogens with zero attached hydrogens (tertiary/aromatic N) is 3. The standard InChI is InChI=1S/C50H31N3O/c1-4-13-32(14-5-1)43-31-44(33-15-6-2-7-16-33)52-50(51-43)39-21-12-22-48-49(39)42-29-37(24-26-47(42)54-48)36-23-25-45-40(28-36)41-27-34-17-10-11-18-35(34)30-46(41)53(45)38-19-8-3-9-20-38/h1-31H. The molecule has 4 heteroatoms. The lowest BCUT2D eigenvalue weighted by molar-refractivity contribution is 0.669. The van der Waals surface area contributed by atoms with E-state index in [0.29, 0.717) is 5.82 Å². The number of hydrogen-bond donors (Lipinski definition) is 0. The molecule has 0 saturated heterocycles. The highest BCUT2D eigenvalue weighted by atomic mass is 16.3. The molecular formula is C50H31N3O. The lowest BCUT2D eigenvalue weighted by atomic mass is 9.98. The molecule has 0 aliphatic carbocycles. The van der Waals surface area contributed by atoms with Crippen molar-refractivity contribution in [2.75, 3.05) is 0 Å². The molecule has 3 aromatic heterocycles. The molecule has 8 aromatic carbocycles. The summed E-state index contributed by atoms with van der Waals surface area (Å²) < 4.78 is 8.88. The van der Waals surface area contributed by atoms with Crippen molar-refractivity contribution in [2.45, 2.75) is 0 Å². The maximum Gasteiger partial charge on any atom is 0.161 e. The number of rotatable bonds is 5. The summed E-state index contributed by atoms with van der Waals surface area (Å²) in [6, 6.07) is 66.1.